The molecule has 1 unspecified atom stereocenters. The lowest BCUT2D eigenvalue weighted by Gasteiger charge is -2.25. The van der Waals surface area contributed by atoms with Crippen LogP contribution in [-0.4, -0.2) is 47.4 Å². The second-order valence-electron chi connectivity index (χ2n) is 7.71. The highest BCUT2D eigenvalue weighted by Crippen LogP contribution is 2.36. The Bertz CT molecular complexity index is 740. The van der Waals surface area contributed by atoms with E-state index in [9.17, 15) is 18.0 Å². The number of oxime groups is 1. The Morgan fingerprint density at radius 3 is 2.48 bits per heavy atom. The standard InChI is InChI=1S/C18H21F3N2O4/c1-16(2,3)26-15(24)23-9-8-17(11-23)10-14(22-27-17)12-4-6-13(7-5-12)25-18(19,20)21/h4-7H,8-11H2,1-3H3. The summed E-state index contributed by atoms with van der Waals surface area (Å²) in [4.78, 5) is 19.4. The van der Waals surface area contributed by atoms with Gasteiger partial charge in [-0.15, -0.1) is 13.2 Å². The van der Waals surface area contributed by atoms with Gasteiger partial charge in [0, 0.05) is 19.4 Å². The Morgan fingerprint density at radius 2 is 1.89 bits per heavy atom. The van der Waals surface area contributed by atoms with Gasteiger partial charge in [-0.1, -0.05) is 5.16 Å². The summed E-state index contributed by atoms with van der Waals surface area (Å²) < 4.78 is 46.0. The van der Waals surface area contributed by atoms with E-state index in [-0.39, 0.29) is 5.75 Å². The van der Waals surface area contributed by atoms with Gasteiger partial charge in [0.15, 0.2) is 5.60 Å². The summed E-state index contributed by atoms with van der Waals surface area (Å²) in [5.41, 5.74) is 0.0789. The van der Waals surface area contributed by atoms with Gasteiger partial charge in [0.25, 0.3) is 0 Å². The third-order valence-corrected chi connectivity index (χ3v) is 4.23. The summed E-state index contributed by atoms with van der Waals surface area (Å²) in [6.45, 7) is 6.25. The van der Waals surface area contributed by atoms with Crippen LogP contribution in [0, 0.1) is 0 Å². The van der Waals surface area contributed by atoms with E-state index < -0.39 is 23.7 Å². The Labute approximate surface area is 154 Å². The maximum absolute atomic E-state index is 12.2. The molecule has 6 nitrogen and oxygen atoms in total. The maximum Gasteiger partial charge on any atom is 0.573 e. The van der Waals surface area contributed by atoms with Crippen LogP contribution in [0.25, 0.3) is 0 Å². The van der Waals surface area contributed by atoms with E-state index in [2.05, 4.69) is 9.89 Å². The Balaban J connectivity index is 1.61. The van der Waals surface area contributed by atoms with Crippen LogP contribution < -0.4 is 4.74 Å². The van der Waals surface area contributed by atoms with E-state index in [1.165, 1.54) is 24.3 Å². The van der Waals surface area contributed by atoms with E-state index in [0.717, 1.165) is 0 Å². The molecule has 2 aliphatic rings. The van der Waals surface area contributed by atoms with E-state index in [1.807, 2.05) is 0 Å². The topological polar surface area (TPSA) is 60.4 Å². The average molecular weight is 386 g/mol. The minimum atomic E-state index is -4.73. The van der Waals surface area contributed by atoms with Gasteiger partial charge in [0.05, 0.1) is 12.3 Å². The van der Waals surface area contributed by atoms with Crippen LogP contribution in [0.4, 0.5) is 18.0 Å². The SMILES string of the molecule is CC(C)(C)OC(=O)N1CCC2(CC(c3ccc(OC(F)(F)F)cc3)=NO2)C1. The molecule has 0 saturated carbocycles. The van der Waals surface area contributed by atoms with Crippen molar-refractivity contribution in [3.63, 3.8) is 0 Å². The molecule has 0 radical (unpaired) electrons. The number of ether oxygens (including phenoxy) is 2. The van der Waals surface area contributed by atoms with Gasteiger partial charge in [-0.3, -0.25) is 0 Å². The predicted molar refractivity (Wildman–Crippen MR) is 90.5 cm³/mol. The quantitative estimate of drug-likeness (QED) is 0.768. The first-order valence-corrected chi connectivity index (χ1v) is 8.54. The third-order valence-electron chi connectivity index (χ3n) is 4.23. The zero-order valence-electron chi connectivity index (χ0n) is 15.3. The number of hydrogen-bond acceptors (Lipinski definition) is 5. The second kappa shape index (κ2) is 6.61. The second-order valence-corrected chi connectivity index (χ2v) is 7.71. The smallest absolute Gasteiger partial charge is 0.444 e. The van der Waals surface area contributed by atoms with Crippen LogP contribution in [-0.2, 0) is 9.57 Å². The monoisotopic (exact) mass is 386 g/mol. The van der Waals surface area contributed by atoms with Crippen molar-refractivity contribution in [1.29, 1.82) is 0 Å². The minimum absolute atomic E-state index is 0.294. The van der Waals surface area contributed by atoms with Crippen molar-refractivity contribution in [2.45, 2.75) is 51.2 Å². The number of alkyl halides is 3. The van der Waals surface area contributed by atoms with Crippen LogP contribution in [0.5, 0.6) is 5.75 Å². The zero-order valence-corrected chi connectivity index (χ0v) is 15.3. The number of benzene rings is 1. The van der Waals surface area contributed by atoms with Gasteiger partial charge in [-0.05, 0) is 50.6 Å². The van der Waals surface area contributed by atoms with Crippen molar-refractivity contribution in [1.82, 2.24) is 4.90 Å². The molecule has 1 saturated heterocycles. The zero-order chi connectivity index (χ0) is 19.9. The van der Waals surface area contributed by atoms with Crippen molar-refractivity contribution >= 4 is 11.8 Å². The number of hydrogen-bond donors (Lipinski definition) is 0. The number of carbonyl (C=O) groups excluding carboxylic acids is 1. The van der Waals surface area contributed by atoms with Crippen LogP contribution >= 0.6 is 0 Å². The summed E-state index contributed by atoms with van der Waals surface area (Å²) in [6, 6.07) is 5.47. The molecule has 2 aliphatic heterocycles. The van der Waals surface area contributed by atoms with E-state index >= 15 is 0 Å². The number of halogens is 3. The molecule has 1 aromatic carbocycles. The third kappa shape index (κ3) is 4.84. The average Bonchev–Trinajstić information content (AvgIpc) is 3.13. The number of likely N-dealkylation sites (tertiary alicyclic amines) is 1. The van der Waals surface area contributed by atoms with Crippen LogP contribution in [0.3, 0.4) is 0 Å². The molecule has 1 amide bonds. The highest BCUT2D eigenvalue weighted by atomic mass is 19.4. The molecule has 0 N–H and O–H groups in total. The number of carbonyl (C=O) groups is 1. The summed E-state index contributed by atoms with van der Waals surface area (Å²) >= 11 is 0. The lowest BCUT2D eigenvalue weighted by molar-refractivity contribution is -0.274. The molecule has 1 aromatic rings. The molecule has 1 atom stereocenters. The van der Waals surface area contributed by atoms with Crippen LogP contribution in [0.15, 0.2) is 29.4 Å². The van der Waals surface area contributed by atoms with Crippen molar-refractivity contribution < 1.29 is 32.3 Å². The minimum Gasteiger partial charge on any atom is -0.444 e. The number of rotatable bonds is 2. The van der Waals surface area contributed by atoms with Gasteiger partial charge in [-0.25, -0.2) is 4.79 Å². The first-order valence-electron chi connectivity index (χ1n) is 8.54. The lowest BCUT2D eigenvalue weighted by Crippen LogP contribution is -2.39. The molecule has 0 bridgehead atoms. The summed E-state index contributed by atoms with van der Waals surface area (Å²) in [5, 5.41) is 4.09. The summed E-state index contributed by atoms with van der Waals surface area (Å²) in [7, 11) is 0. The van der Waals surface area contributed by atoms with E-state index in [0.29, 0.717) is 37.2 Å². The van der Waals surface area contributed by atoms with Crippen LogP contribution in [0.2, 0.25) is 0 Å². The first-order chi connectivity index (χ1) is 12.4. The molecule has 0 aliphatic carbocycles. The predicted octanol–water partition coefficient (Wildman–Crippen LogP) is 4.09. The number of amides is 1. The van der Waals surface area contributed by atoms with Gasteiger partial charge in [0.2, 0.25) is 0 Å². The fourth-order valence-electron chi connectivity index (χ4n) is 3.07. The molecule has 3 rings (SSSR count). The molecule has 1 spiro atoms. The normalized spacial score (nSPS) is 22.6. The van der Waals surface area contributed by atoms with Crippen molar-refractivity contribution in [2.24, 2.45) is 5.16 Å². The molecular formula is C18H21F3N2O4. The molecule has 148 valence electrons. The van der Waals surface area contributed by atoms with E-state index in [4.69, 9.17) is 9.57 Å². The highest BCUT2D eigenvalue weighted by Gasteiger charge is 2.47. The highest BCUT2D eigenvalue weighted by molar-refractivity contribution is 6.01. The molecular weight excluding hydrogens is 365 g/mol. The fraction of sp³-hybridized carbons (Fsp3) is 0.556. The molecule has 0 aromatic heterocycles. The van der Waals surface area contributed by atoms with Gasteiger partial charge in [-0.2, -0.15) is 0 Å². The first kappa shape index (κ1) is 19.3. The Morgan fingerprint density at radius 1 is 1.22 bits per heavy atom. The summed E-state index contributed by atoms with van der Waals surface area (Å²) in [6.07, 6.45) is -4.06. The Hall–Kier alpha value is -2.45. The molecule has 27 heavy (non-hydrogen) atoms. The van der Waals surface area contributed by atoms with Gasteiger partial charge >= 0.3 is 12.5 Å². The maximum atomic E-state index is 12.2. The van der Waals surface area contributed by atoms with Crippen molar-refractivity contribution in [3.8, 4) is 5.75 Å². The molecule has 9 heteroatoms. The molecule has 2 heterocycles. The summed E-state index contributed by atoms with van der Waals surface area (Å²) in [5.74, 6) is -0.294. The fourth-order valence-corrected chi connectivity index (χ4v) is 3.07. The lowest BCUT2D eigenvalue weighted by atomic mass is 9.93. The Kier molecular flexibility index (Phi) is 4.73. The van der Waals surface area contributed by atoms with Crippen molar-refractivity contribution in [2.75, 3.05) is 13.1 Å². The molecule has 1 fully saturated rings. The van der Waals surface area contributed by atoms with Crippen molar-refractivity contribution in [3.05, 3.63) is 29.8 Å². The van der Waals surface area contributed by atoms with Gasteiger partial charge in [0.1, 0.15) is 11.4 Å². The van der Waals surface area contributed by atoms with Gasteiger partial charge < -0.3 is 19.2 Å². The number of nitrogens with zero attached hydrogens (tertiary/aromatic N) is 2. The van der Waals surface area contributed by atoms with Crippen LogP contribution in [0.1, 0.15) is 39.2 Å². The largest absolute Gasteiger partial charge is 0.573 e. The van der Waals surface area contributed by atoms with E-state index in [1.54, 1.807) is 25.7 Å².